The minimum absolute atomic E-state index is 0.439. The molecule has 1 aromatic carbocycles. The molecular formula is C13H19N4S+. The van der Waals surface area contributed by atoms with Crippen LogP contribution in [0.25, 0.3) is 0 Å². The van der Waals surface area contributed by atoms with E-state index in [1.807, 2.05) is 24.3 Å². The van der Waals surface area contributed by atoms with Gasteiger partial charge in [0.1, 0.15) is 0 Å². The third-order valence-corrected chi connectivity index (χ3v) is 2.65. The van der Waals surface area contributed by atoms with Crippen molar-refractivity contribution in [2.75, 3.05) is 32.5 Å². The summed E-state index contributed by atoms with van der Waals surface area (Å²) in [6.07, 6.45) is 0.439. The van der Waals surface area contributed by atoms with Gasteiger partial charge in [-0.15, -0.1) is 0 Å². The molecule has 1 rings (SSSR count). The maximum Gasteiger partial charge on any atom is 0.170 e. The van der Waals surface area contributed by atoms with Gasteiger partial charge in [0.2, 0.25) is 0 Å². The highest BCUT2D eigenvalue weighted by atomic mass is 32.1. The van der Waals surface area contributed by atoms with Crippen LogP contribution in [-0.2, 0) is 6.42 Å². The van der Waals surface area contributed by atoms with Crippen LogP contribution in [0.2, 0.25) is 0 Å². The van der Waals surface area contributed by atoms with Crippen LogP contribution in [0, 0.1) is 11.3 Å². The molecule has 0 saturated carbocycles. The maximum absolute atomic E-state index is 8.58. The first-order valence-electron chi connectivity index (χ1n) is 5.91. The zero-order chi connectivity index (χ0) is 13.4. The van der Waals surface area contributed by atoms with E-state index in [1.54, 1.807) is 0 Å². The monoisotopic (exact) mass is 263 g/mol. The molecule has 0 spiro atoms. The van der Waals surface area contributed by atoms with Gasteiger partial charge in [0.05, 0.1) is 39.7 Å². The average Bonchev–Trinajstić information content (AvgIpc) is 2.31. The maximum atomic E-state index is 8.58. The number of nitrogens with zero attached hydrogens (tertiary/aromatic N) is 1. The summed E-state index contributed by atoms with van der Waals surface area (Å²) in [5.74, 6) is 0. The Bertz CT molecular complexity index is 420. The second-order valence-electron chi connectivity index (χ2n) is 4.37. The summed E-state index contributed by atoms with van der Waals surface area (Å²) in [6, 6.07) is 9.84. The Balaban J connectivity index is 2.38. The molecule has 4 nitrogen and oxygen atoms in total. The van der Waals surface area contributed by atoms with E-state index in [0.717, 1.165) is 24.3 Å². The Morgan fingerprint density at radius 1 is 1.33 bits per heavy atom. The SMILES string of the molecule is C[NH+](C)CCNC(=S)Nc1ccc(CC#N)cc1. The quantitative estimate of drug-likeness (QED) is 0.664. The van der Waals surface area contributed by atoms with Gasteiger partial charge < -0.3 is 15.5 Å². The van der Waals surface area contributed by atoms with Crippen molar-refractivity contribution in [2.45, 2.75) is 6.42 Å². The van der Waals surface area contributed by atoms with Crippen LogP contribution in [0.4, 0.5) is 5.69 Å². The second-order valence-corrected chi connectivity index (χ2v) is 4.78. The molecule has 0 fully saturated rings. The molecule has 0 aliphatic rings. The van der Waals surface area contributed by atoms with E-state index in [1.165, 1.54) is 4.90 Å². The zero-order valence-corrected chi connectivity index (χ0v) is 11.6. The van der Waals surface area contributed by atoms with Gasteiger partial charge in [-0.2, -0.15) is 5.26 Å². The molecule has 0 aliphatic carbocycles. The third-order valence-electron chi connectivity index (χ3n) is 2.41. The Morgan fingerprint density at radius 2 is 2.00 bits per heavy atom. The number of anilines is 1. The molecule has 0 radical (unpaired) electrons. The number of nitriles is 1. The van der Waals surface area contributed by atoms with E-state index in [2.05, 4.69) is 30.8 Å². The van der Waals surface area contributed by atoms with Crippen LogP contribution < -0.4 is 15.5 Å². The van der Waals surface area contributed by atoms with Crippen molar-refractivity contribution in [1.82, 2.24) is 5.32 Å². The molecule has 0 amide bonds. The van der Waals surface area contributed by atoms with Gasteiger partial charge in [0.25, 0.3) is 0 Å². The fourth-order valence-electron chi connectivity index (χ4n) is 1.40. The number of hydrogen-bond acceptors (Lipinski definition) is 2. The van der Waals surface area contributed by atoms with Gasteiger partial charge in [0.15, 0.2) is 5.11 Å². The predicted molar refractivity (Wildman–Crippen MR) is 77.7 cm³/mol. The number of quaternary nitrogens is 1. The topological polar surface area (TPSA) is 52.3 Å². The van der Waals surface area contributed by atoms with Crippen molar-refractivity contribution in [2.24, 2.45) is 0 Å². The molecule has 0 heterocycles. The fraction of sp³-hybridized carbons (Fsp3) is 0.385. The first kappa shape index (κ1) is 14.4. The second kappa shape index (κ2) is 7.64. The van der Waals surface area contributed by atoms with Crippen molar-refractivity contribution < 1.29 is 4.90 Å². The molecule has 1 aromatic rings. The summed E-state index contributed by atoms with van der Waals surface area (Å²) < 4.78 is 0. The molecule has 0 unspecified atom stereocenters. The lowest BCUT2D eigenvalue weighted by atomic mass is 10.1. The summed E-state index contributed by atoms with van der Waals surface area (Å²) in [4.78, 5) is 1.38. The van der Waals surface area contributed by atoms with Crippen molar-refractivity contribution in [1.29, 1.82) is 5.26 Å². The molecule has 0 aromatic heterocycles. The van der Waals surface area contributed by atoms with E-state index in [0.29, 0.717) is 11.5 Å². The van der Waals surface area contributed by atoms with Crippen LogP contribution in [0.3, 0.4) is 0 Å². The molecule has 18 heavy (non-hydrogen) atoms. The lowest BCUT2D eigenvalue weighted by Crippen LogP contribution is -3.06. The van der Waals surface area contributed by atoms with Crippen LogP contribution in [0.1, 0.15) is 5.56 Å². The predicted octanol–water partition coefficient (Wildman–Crippen LogP) is 0.184. The summed E-state index contributed by atoms with van der Waals surface area (Å²) in [5, 5.41) is 15.5. The summed E-state index contributed by atoms with van der Waals surface area (Å²) in [7, 11) is 4.21. The van der Waals surface area contributed by atoms with Gasteiger partial charge in [0, 0.05) is 5.69 Å². The number of hydrogen-bond donors (Lipinski definition) is 3. The van der Waals surface area contributed by atoms with Gasteiger partial charge in [-0.1, -0.05) is 12.1 Å². The van der Waals surface area contributed by atoms with Crippen LogP contribution in [0.15, 0.2) is 24.3 Å². The van der Waals surface area contributed by atoms with E-state index >= 15 is 0 Å². The van der Waals surface area contributed by atoms with Crippen molar-refractivity contribution >= 4 is 23.0 Å². The highest BCUT2D eigenvalue weighted by molar-refractivity contribution is 7.80. The van der Waals surface area contributed by atoms with Gasteiger partial charge >= 0.3 is 0 Å². The summed E-state index contributed by atoms with van der Waals surface area (Å²) in [5.41, 5.74) is 1.95. The Labute approximate surface area is 114 Å². The van der Waals surface area contributed by atoms with E-state index in [9.17, 15) is 0 Å². The smallest absolute Gasteiger partial charge is 0.170 e. The van der Waals surface area contributed by atoms with Crippen LogP contribution in [-0.4, -0.2) is 32.3 Å². The number of likely N-dealkylation sites (N-methyl/N-ethyl adjacent to an activating group) is 1. The third kappa shape index (κ3) is 5.62. The normalized spacial score (nSPS) is 9.89. The minimum Gasteiger partial charge on any atom is -0.357 e. The van der Waals surface area contributed by atoms with Crippen LogP contribution in [0.5, 0.6) is 0 Å². The molecular weight excluding hydrogens is 244 g/mol. The summed E-state index contributed by atoms with van der Waals surface area (Å²) in [6.45, 7) is 1.86. The van der Waals surface area contributed by atoms with E-state index in [-0.39, 0.29) is 0 Å². The molecule has 0 atom stereocenters. The minimum atomic E-state index is 0.439. The van der Waals surface area contributed by atoms with Crippen molar-refractivity contribution in [3.05, 3.63) is 29.8 Å². The standard InChI is InChI=1S/C13H18N4S/c1-17(2)10-9-15-13(18)16-12-5-3-11(4-6-12)7-8-14/h3-6H,7,9-10H2,1-2H3,(H2,15,16,18)/p+1. The average molecular weight is 263 g/mol. The highest BCUT2D eigenvalue weighted by Gasteiger charge is 1.99. The van der Waals surface area contributed by atoms with E-state index < -0.39 is 0 Å². The Hall–Kier alpha value is -1.64. The van der Waals surface area contributed by atoms with Crippen molar-refractivity contribution in [3.8, 4) is 6.07 Å². The molecule has 5 heteroatoms. The molecule has 0 saturated heterocycles. The molecule has 96 valence electrons. The zero-order valence-electron chi connectivity index (χ0n) is 10.8. The first-order chi connectivity index (χ1) is 8.61. The highest BCUT2D eigenvalue weighted by Crippen LogP contribution is 2.09. The number of rotatable bonds is 5. The fourth-order valence-corrected chi connectivity index (χ4v) is 1.62. The van der Waals surface area contributed by atoms with E-state index in [4.69, 9.17) is 17.5 Å². The van der Waals surface area contributed by atoms with Gasteiger partial charge in [-0.3, -0.25) is 0 Å². The number of thiocarbonyl (C=S) groups is 1. The molecule has 0 bridgehead atoms. The first-order valence-corrected chi connectivity index (χ1v) is 6.32. The largest absolute Gasteiger partial charge is 0.357 e. The van der Waals surface area contributed by atoms with Crippen LogP contribution >= 0.6 is 12.2 Å². The number of benzene rings is 1. The molecule has 3 N–H and O–H groups in total. The lowest BCUT2D eigenvalue weighted by molar-refractivity contribution is -0.856. The summed E-state index contributed by atoms with van der Waals surface area (Å²) >= 11 is 5.19. The molecule has 0 aliphatic heterocycles. The lowest BCUT2D eigenvalue weighted by Gasteiger charge is -2.12. The van der Waals surface area contributed by atoms with Gasteiger partial charge in [-0.05, 0) is 29.9 Å². The Kier molecular flexibility index (Phi) is 6.12. The van der Waals surface area contributed by atoms with Crippen molar-refractivity contribution in [3.63, 3.8) is 0 Å². The number of nitrogens with one attached hydrogen (secondary N) is 3. The Morgan fingerprint density at radius 3 is 2.56 bits per heavy atom. The van der Waals surface area contributed by atoms with Gasteiger partial charge in [-0.25, -0.2) is 0 Å².